The van der Waals surface area contributed by atoms with E-state index in [0.717, 1.165) is 25.8 Å². The van der Waals surface area contributed by atoms with Crippen molar-refractivity contribution < 1.29 is 9.50 Å². The maximum absolute atomic E-state index is 13.7. The number of benzene rings is 1. The molecule has 2 nitrogen and oxygen atoms in total. The van der Waals surface area contributed by atoms with Crippen molar-refractivity contribution in [3.63, 3.8) is 0 Å². The fraction of sp³-hybridized carbons (Fsp3) is 0.538. The molecule has 1 fully saturated rings. The van der Waals surface area contributed by atoms with Crippen LogP contribution in [0.2, 0.25) is 5.02 Å². The molecule has 1 aromatic carbocycles. The third-order valence-corrected chi connectivity index (χ3v) is 3.57. The molecule has 17 heavy (non-hydrogen) atoms. The highest BCUT2D eigenvalue weighted by atomic mass is 35.5. The molecular weight excluding hydrogens is 241 g/mol. The molecule has 0 bridgehead atoms. The highest BCUT2D eigenvalue weighted by molar-refractivity contribution is 6.30. The van der Waals surface area contributed by atoms with Crippen molar-refractivity contribution in [2.24, 2.45) is 0 Å². The van der Waals surface area contributed by atoms with Crippen LogP contribution in [0.25, 0.3) is 0 Å². The van der Waals surface area contributed by atoms with Crippen LogP contribution in [-0.2, 0) is 6.42 Å². The maximum atomic E-state index is 13.7. The Labute approximate surface area is 106 Å². The highest BCUT2D eigenvalue weighted by Gasteiger charge is 2.22. The van der Waals surface area contributed by atoms with Crippen molar-refractivity contribution in [1.82, 2.24) is 5.32 Å². The summed E-state index contributed by atoms with van der Waals surface area (Å²) in [5.74, 6) is -0.413. The topological polar surface area (TPSA) is 32.3 Å². The van der Waals surface area contributed by atoms with Gasteiger partial charge in [-0.3, -0.25) is 0 Å². The van der Waals surface area contributed by atoms with E-state index in [9.17, 15) is 9.50 Å². The van der Waals surface area contributed by atoms with Crippen molar-refractivity contribution in [3.05, 3.63) is 34.6 Å². The summed E-state index contributed by atoms with van der Waals surface area (Å²) in [4.78, 5) is 0. The largest absolute Gasteiger partial charge is 0.391 e. The van der Waals surface area contributed by atoms with Gasteiger partial charge in [0.15, 0.2) is 0 Å². The Hall–Kier alpha value is -0.640. The first-order valence-corrected chi connectivity index (χ1v) is 6.40. The second kappa shape index (κ2) is 5.80. The van der Waals surface area contributed by atoms with Crippen LogP contribution < -0.4 is 5.32 Å². The van der Waals surface area contributed by atoms with Gasteiger partial charge in [-0.1, -0.05) is 30.2 Å². The molecule has 94 valence electrons. The lowest BCUT2D eigenvalue weighted by atomic mass is 9.95. The summed E-state index contributed by atoms with van der Waals surface area (Å²) in [5.41, 5.74) is 0.484. The second-order valence-electron chi connectivity index (χ2n) is 4.54. The molecule has 1 aliphatic heterocycles. The minimum atomic E-state index is -0.553. The summed E-state index contributed by atoms with van der Waals surface area (Å²) in [5, 5.41) is 13.5. The lowest BCUT2D eigenvalue weighted by Crippen LogP contribution is -2.44. The van der Waals surface area contributed by atoms with Gasteiger partial charge in [0.25, 0.3) is 0 Å². The predicted octanol–water partition coefficient (Wildman–Crippen LogP) is 2.52. The number of piperidine rings is 1. The minimum absolute atomic E-state index is 0.0714. The Morgan fingerprint density at radius 1 is 1.47 bits per heavy atom. The zero-order valence-electron chi connectivity index (χ0n) is 9.63. The van der Waals surface area contributed by atoms with E-state index in [-0.39, 0.29) is 11.1 Å². The summed E-state index contributed by atoms with van der Waals surface area (Å²) < 4.78 is 13.7. The van der Waals surface area contributed by atoms with E-state index < -0.39 is 11.9 Å². The van der Waals surface area contributed by atoms with Gasteiger partial charge < -0.3 is 10.4 Å². The summed E-state index contributed by atoms with van der Waals surface area (Å²) in [7, 11) is 0. The molecule has 2 atom stereocenters. The van der Waals surface area contributed by atoms with E-state index in [1.807, 2.05) is 0 Å². The lowest BCUT2D eigenvalue weighted by molar-refractivity contribution is 0.112. The summed E-state index contributed by atoms with van der Waals surface area (Å²) >= 11 is 5.71. The van der Waals surface area contributed by atoms with Crippen molar-refractivity contribution in [2.45, 2.75) is 37.8 Å². The molecule has 0 aliphatic carbocycles. The quantitative estimate of drug-likeness (QED) is 0.872. The Balaban J connectivity index is 2.01. The Bertz CT molecular complexity index is 380. The van der Waals surface area contributed by atoms with Gasteiger partial charge in [0.05, 0.1) is 11.1 Å². The number of rotatable bonds is 3. The monoisotopic (exact) mass is 257 g/mol. The van der Waals surface area contributed by atoms with E-state index in [4.69, 9.17) is 11.6 Å². The first kappa shape index (κ1) is 12.8. The number of nitrogens with one attached hydrogen (secondary N) is 1. The standard InChI is InChI=1S/C13H17ClFNO/c14-10-5-3-4-9(13(10)15)8-12(17)11-6-1-2-7-16-11/h3-5,11-12,16-17H,1-2,6-8H2. The third-order valence-electron chi connectivity index (χ3n) is 3.27. The third kappa shape index (κ3) is 3.18. The van der Waals surface area contributed by atoms with Crippen LogP contribution in [0.3, 0.4) is 0 Å². The van der Waals surface area contributed by atoms with E-state index in [1.54, 1.807) is 12.1 Å². The molecule has 1 aliphatic rings. The summed E-state index contributed by atoms with van der Waals surface area (Å²) in [6, 6.07) is 4.97. The molecule has 1 heterocycles. The van der Waals surface area contributed by atoms with Crippen LogP contribution in [0.1, 0.15) is 24.8 Å². The Morgan fingerprint density at radius 3 is 3.00 bits per heavy atom. The van der Waals surface area contributed by atoms with Gasteiger partial charge >= 0.3 is 0 Å². The summed E-state index contributed by atoms with van der Waals surface area (Å²) in [6.45, 7) is 0.930. The SMILES string of the molecule is OC(Cc1cccc(Cl)c1F)C1CCCCN1. The zero-order chi connectivity index (χ0) is 12.3. The van der Waals surface area contributed by atoms with Crippen molar-refractivity contribution in [3.8, 4) is 0 Å². The molecule has 0 spiro atoms. The van der Waals surface area contributed by atoms with Gasteiger partial charge in [-0.25, -0.2) is 4.39 Å². The smallest absolute Gasteiger partial charge is 0.145 e. The molecule has 0 amide bonds. The van der Waals surface area contributed by atoms with Gasteiger partial charge in [-0.2, -0.15) is 0 Å². The number of hydrogen-bond acceptors (Lipinski definition) is 2. The number of halogens is 2. The molecule has 0 aromatic heterocycles. The molecule has 2 N–H and O–H groups in total. The van der Waals surface area contributed by atoms with Crippen LogP contribution in [-0.4, -0.2) is 23.8 Å². The number of aliphatic hydroxyl groups excluding tert-OH is 1. The first-order valence-electron chi connectivity index (χ1n) is 6.03. The van der Waals surface area contributed by atoms with Gasteiger partial charge in [0.2, 0.25) is 0 Å². The van der Waals surface area contributed by atoms with Crippen molar-refractivity contribution in [1.29, 1.82) is 0 Å². The van der Waals surface area contributed by atoms with Crippen LogP contribution in [0.5, 0.6) is 0 Å². The van der Waals surface area contributed by atoms with Crippen LogP contribution in [0.15, 0.2) is 18.2 Å². The molecular formula is C13H17ClFNO. The first-order chi connectivity index (χ1) is 8.18. The van der Waals surface area contributed by atoms with Crippen LogP contribution in [0.4, 0.5) is 4.39 Å². The molecule has 1 aromatic rings. The predicted molar refractivity (Wildman–Crippen MR) is 66.8 cm³/mol. The van der Waals surface area contributed by atoms with Gasteiger partial charge in [-0.05, 0) is 31.0 Å². The van der Waals surface area contributed by atoms with Crippen molar-refractivity contribution >= 4 is 11.6 Å². The summed E-state index contributed by atoms with van der Waals surface area (Å²) in [6.07, 6.45) is 2.97. The van der Waals surface area contributed by atoms with Gasteiger partial charge in [0.1, 0.15) is 5.82 Å². The van der Waals surface area contributed by atoms with Crippen LogP contribution >= 0.6 is 11.6 Å². The number of aliphatic hydroxyl groups is 1. The van der Waals surface area contributed by atoms with E-state index >= 15 is 0 Å². The second-order valence-corrected chi connectivity index (χ2v) is 4.95. The fourth-order valence-corrected chi connectivity index (χ4v) is 2.47. The normalized spacial score (nSPS) is 22.4. The zero-order valence-corrected chi connectivity index (χ0v) is 10.4. The average molecular weight is 258 g/mol. The fourth-order valence-electron chi connectivity index (χ4n) is 2.28. The molecule has 1 saturated heterocycles. The molecule has 2 unspecified atom stereocenters. The van der Waals surface area contributed by atoms with E-state index in [1.165, 1.54) is 6.07 Å². The molecule has 0 saturated carbocycles. The molecule has 4 heteroatoms. The molecule has 0 radical (unpaired) electrons. The van der Waals surface area contributed by atoms with E-state index in [2.05, 4.69) is 5.32 Å². The lowest BCUT2D eigenvalue weighted by Gasteiger charge is -2.28. The van der Waals surface area contributed by atoms with E-state index in [0.29, 0.717) is 12.0 Å². The maximum Gasteiger partial charge on any atom is 0.145 e. The van der Waals surface area contributed by atoms with Crippen LogP contribution in [0, 0.1) is 5.82 Å². The Kier molecular flexibility index (Phi) is 4.37. The van der Waals surface area contributed by atoms with Gasteiger partial charge in [0, 0.05) is 12.5 Å². The van der Waals surface area contributed by atoms with Crippen molar-refractivity contribution in [2.75, 3.05) is 6.54 Å². The Morgan fingerprint density at radius 2 is 2.29 bits per heavy atom. The molecule has 2 rings (SSSR count). The highest BCUT2D eigenvalue weighted by Crippen LogP contribution is 2.21. The average Bonchev–Trinajstić information content (AvgIpc) is 2.36. The number of hydrogen-bond donors (Lipinski definition) is 2. The minimum Gasteiger partial charge on any atom is -0.391 e. The van der Waals surface area contributed by atoms with Gasteiger partial charge in [-0.15, -0.1) is 0 Å².